The zero-order chi connectivity index (χ0) is 20.8. The van der Waals surface area contributed by atoms with Crippen LogP contribution >= 0.6 is 11.6 Å². The first-order chi connectivity index (χ1) is 13.9. The number of fused-ring (bicyclic) bond motifs is 1. The number of carbonyl (C=O) groups excluding carboxylic acids is 2. The number of nitrogens with one attached hydrogen (secondary N) is 1. The summed E-state index contributed by atoms with van der Waals surface area (Å²) in [5, 5.41) is 3.52. The summed E-state index contributed by atoms with van der Waals surface area (Å²) in [7, 11) is 0. The van der Waals surface area contributed by atoms with Crippen LogP contribution in [0.1, 0.15) is 31.4 Å². The van der Waals surface area contributed by atoms with Crippen molar-refractivity contribution in [1.82, 2.24) is 10.2 Å². The first-order valence-electron chi connectivity index (χ1n) is 9.96. The third kappa shape index (κ3) is 5.73. The molecule has 0 bridgehead atoms. The monoisotopic (exact) mass is 414 g/mol. The lowest BCUT2D eigenvalue weighted by Crippen LogP contribution is -2.53. The number of halogens is 1. The van der Waals surface area contributed by atoms with Crippen LogP contribution < -0.4 is 10.1 Å². The van der Waals surface area contributed by atoms with Crippen molar-refractivity contribution in [3.8, 4) is 5.75 Å². The zero-order valence-corrected chi connectivity index (χ0v) is 17.6. The van der Waals surface area contributed by atoms with Crippen LogP contribution in [0.15, 0.2) is 48.5 Å². The van der Waals surface area contributed by atoms with Crippen molar-refractivity contribution in [1.29, 1.82) is 0 Å². The Morgan fingerprint density at radius 3 is 2.66 bits per heavy atom. The number of carbonyl (C=O) groups is 2. The predicted molar refractivity (Wildman–Crippen MR) is 114 cm³/mol. The molecule has 0 fully saturated rings. The van der Waals surface area contributed by atoms with E-state index in [0.29, 0.717) is 43.3 Å². The Labute approximate surface area is 177 Å². The summed E-state index contributed by atoms with van der Waals surface area (Å²) in [5.74, 6) is 0.776. The van der Waals surface area contributed by atoms with Crippen LogP contribution in [0, 0.1) is 5.92 Å². The maximum absolute atomic E-state index is 12.9. The van der Waals surface area contributed by atoms with Crippen molar-refractivity contribution in [2.45, 2.75) is 39.3 Å². The van der Waals surface area contributed by atoms with Gasteiger partial charge in [-0.2, -0.15) is 0 Å². The molecule has 0 saturated carbocycles. The summed E-state index contributed by atoms with van der Waals surface area (Å²) in [4.78, 5) is 27.4. The van der Waals surface area contributed by atoms with Gasteiger partial charge in [0, 0.05) is 24.4 Å². The van der Waals surface area contributed by atoms with Crippen LogP contribution in [0.5, 0.6) is 5.75 Å². The number of ether oxygens (including phenoxy) is 1. The van der Waals surface area contributed by atoms with E-state index in [4.69, 9.17) is 16.3 Å². The Morgan fingerprint density at radius 1 is 1.17 bits per heavy atom. The number of hydrogen-bond acceptors (Lipinski definition) is 3. The number of hydrogen-bond donors (Lipinski definition) is 1. The molecule has 0 aliphatic carbocycles. The molecule has 154 valence electrons. The van der Waals surface area contributed by atoms with E-state index in [0.717, 1.165) is 11.1 Å². The average molecular weight is 415 g/mol. The summed E-state index contributed by atoms with van der Waals surface area (Å²) < 4.78 is 5.63. The normalized spacial score (nSPS) is 15.7. The molecule has 1 heterocycles. The summed E-state index contributed by atoms with van der Waals surface area (Å²) in [6.07, 6.45) is 0.963. The molecule has 0 aromatic heterocycles. The van der Waals surface area contributed by atoms with Gasteiger partial charge in [0.2, 0.25) is 11.8 Å². The van der Waals surface area contributed by atoms with E-state index in [9.17, 15) is 9.59 Å². The highest BCUT2D eigenvalue weighted by atomic mass is 35.5. The second kappa shape index (κ2) is 9.79. The Balaban J connectivity index is 1.61. The molecule has 1 unspecified atom stereocenters. The van der Waals surface area contributed by atoms with Gasteiger partial charge >= 0.3 is 0 Å². The first kappa shape index (κ1) is 21.2. The number of amides is 2. The van der Waals surface area contributed by atoms with Gasteiger partial charge in [0.15, 0.2) is 0 Å². The highest BCUT2D eigenvalue weighted by Crippen LogP contribution is 2.25. The van der Waals surface area contributed by atoms with Crippen LogP contribution in [-0.4, -0.2) is 35.9 Å². The van der Waals surface area contributed by atoms with Gasteiger partial charge in [-0.3, -0.25) is 9.59 Å². The standard InChI is InChI=1S/C23H27ClN2O3/c1-16(2)12-22(27)26-15-18-7-4-3-6-17(18)13-21(26)23(28)25-10-11-29-20-9-5-8-19(24)14-20/h3-9,14,16,21H,10-13,15H2,1-2H3,(H,25,28). The van der Waals surface area contributed by atoms with E-state index in [2.05, 4.69) is 5.32 Å². The molecule has 1 aliphatic rings. The van der Waals surface area contributed by atoms with Gasteiger partial charge in [-0.05, 0) is 35.2 Å². The van der Waals surface area contributed by atoms with Crippen molar-refractivity contribution in [3.63, 3.8) is 0 Å². The molecule has 1 atom stereocenters. The van der Waals surface area contributed by atoms with E-state index in [1.54, 1.807) is 17.0 Å². The molecule has 29 heavy (non-hydrogen) atoms. The third-order valence-corrected chi connectivity index (χ3v) is 5.16. The van der Waals surface area contributed by atoms with Crippen molar-refractivity contribution in [2.24, 2.45) is 5.92 Å². The molecule has 2 amide bonds. The molecule has 1 N–H and O–H groups in total. The summed E-state index contributed by atoms with van der Waals surface area (Å²) in [5.41, 5.74) is 2.23. The summed E-state index contributed by atoms with van der Waals surface area (Å²) in [6, 6.07) is 14.6. The van der Waals surface area contributed by atoms with Gasteiger partial charge in [-0.25, -0.2) is 0 Å². The molecule has 2 aromatic carbocycles. The molecule has 5 nitrogen and oxygen atoms in total. The molecule has 0 radical (unpaired) electrons. The predicted octanol–water partition coefficient (Wildman–Crippen LogP) is 3.83. The fraction of sp³-hybridized carbons (Fsp3) is 0.391. The van der Waals surface area contributed by atoms with Crippen LogP contribution in [0.25, 0.3) is 0 Å². The van der Waals surface area contributed by atoms with E-state index in [1.807, 2.05) is 50.2 Å². The lowest BCUT2D eigenvalue weighted by Gasteiger charge is -2.36. The lowest BCUT2D eigenvalue weighted by molar-refractivity contribution is -0.142. The highest BCUT2D eigenvalue weighted by Gasteiger charge is 2.34. The van der Waals surface area contributed by atoms with Crippen LogP contribution in [0.4, 0.5) is 0 Å². The summed E-state index contributed by atoms with van der Waals surface area (Å²) >= 11 is 5.95. The van der Waals surface area contributed by atoms with Gasteiger partial charge in [0.25, 0.3) is 0 Å². The van der Waals surface area contributed by atoms with Gasteiger partial charge < -0.3 is 15.0 Å². The number of rotatable bonds is 7. The van der Waals surface area contributed by atoms with Crippen LogP contribution in [0.3, 0.4) is 0 Å². The summed E-state index contributed by atoms with van der Waals surface area (Å²) in [6.45, 7) is 5.18. The van der Waals surface area contributed by atoms with Crippen molar-refractivity contribution in [2.75, 3.05) is 13.2 Å². The molecular formula is C23H27ClN2O3. The van der Waals surface area contributed by atoms with Crippen molar-refractivity contribution >= 4 is 23.4 Å². The Morgan fingerprint density at radius 2 is 1.93 bits per heavy atom. The van der Waals surface area contributed by atoms with E-state index in [-0.39, 0.29) is 17.7 Å². The van der Waals surface area contributed by atoms with Gasteiger partial charge in [0.1, 0.15) is 18.4 Å². The molecule has 0 saturated heterocycles. The van der Waals surface area contributed by atoms with E-state index >= 15 is 0 Å². The van der Waals surface area contributed by atoms with Gasteiger partial charge in [-0.15, -0.1) is 0 Å². The second-order valence-corrected chi connectivity index (χ2v) is 8.14. The fourth-order valence-corrected chi connectivity index (χ4v) is 3.68. The minimum atomic E-state index is -0.498. The maximum Gasteiger partial charge on any atom is 0.243 e. The van der Waals surface area contributed by atoms with Gasteiger partial charge in [-0.1, -0.05) is 55.8 Å². The molecule has 2 aromatic rings. The first-order valence-corrected chi connectivity index (χ1v) is 10.3. The quantitative estimate of drug-likeness (QED) is 0.700. The highest BCUT2D eigenvalue weighted by molar-refractivity contribution is 6.30. The van der Waals surface area contributed by atoms with Crippen molar-refractivity contribution < 1.29 is 14.3 Å². The molecule has 0 spiro atoms. The smallest absolute Gasteiger partial charge is 0.243 e. The number of benzene rings is 2. The molecule has 6 heteroatoms. The molecule has 1 aliphatic heterocycles. The Bertz CT molecular complexity index is 869. The minimum absolute atomic E-state index is 0.0184. The van der Waals surface area contributed by atoms with Crippen LogP contribution in [0.2, 0.25) is 5.02 Å². The number of nitrogens with zero attached hydrogens (tertiary/aromatic N) is 1. The maximum atomic E-state index is 12.9. The minimum Gasteiger partial charge on any atom is -0.492 e. The lowest BCUT2D eigenvalue weighted by atomic mass is 9.92. The third-order valence-electron chi connectivity index (χ3n) is 4.92. The SMILES string of the molecule is CC(C)CC(=O)N1Cc2ccccc2CC1C(=O)NCCOc1cccc(Cl)c1. The topological polar surface area (TPSA) is 58.6 Å². The largest absolute Gasteiger partial charge is 0.492 e. The molecule has 3 rings (SSSR count). The van der Waals surface area contributed by atoms with Gasteiger partial charge in [0.05, 0.1) is 6.54 Å². The van der Waals surface area contributed by atoms with Crippen molar-refractivity contribution in [3.05, 3.63) is 64.7 Å². The Hall–Kier alpha value is -2.53. The molecular weight excluding hydrogens is 388 g/mol. The van der Waals surface area contributed by atoms with E-state index < -0.39 is 6.04 Å². The second-order valence-electron chi connectivity index (χ2n) is 7.71. The Kier molecular flexibility index (Phi) is 7.15. The fourth-order valence-electron chi connectivity index (χ4n) is 3.50. The zero-order valence-electron chi connectivity index (χ0n) is 16.9. The van der Waals surface area contributed by atoms with Crippen LogP contribution in [-0.2, 0) is 22.6 Å². The average Bonchev–Trinajstić information content (AvgIpc) is 2.69. The van der Waals surface area contributed by atoms with E-state index in [1.165, 1.54) is 0 Å².